The third-order valence-electron chi connectivity index (χ3n) is 5.18. The predicted molar refractivity (Wildman–Crippen MR) is 138 cm³/mol. The van der Waals surface area contributed by atoms with E-state index in [1.54, 1.807) is 24.3 Å². The van der Waals surface area contributed by atoms with Gasteiger partial charge in [0.25, 0.3) is 11.8 Å². The van der Waals surface area contributed by atoms with E-state index in [0.717, 1.165) is 17.1 Å². The quantitative estimate of drug-likeness (QED) is 0.234. The number of benzene rings is 2. The molecule has 1 saturated heterocycles. The molecule has 0 aliphatic carbocycles. The molecular formula is C23H15Cl4N3O2S. The second-order valence-electron chi connectivity index (χ2n) is 7.31. The van der Waals surface area contributed by atoms with E-state index in [1.807, 2.05) is 30.5 Å². The number of aryl methyl sites for hydroxylation is 1. The Morgan fingerprint density at radius 2 is 1.64 bits per heavy atom. The lowest BCUT2D eigenvalue weighted by Crippen LogP contribution is -2.54. The van der Waals surface area contributed by atoms with Crippen molar-refractivity contribution in [3.05, 3.63) is 85.1 Å². The monoisotopic (exact) mass is 537 g/mol. The van der Waals surface area contributed by atoms with Gasteiger partial charge in [-0.2, -0.15) is 0 Å². The summed E-state index contributed by atoms with van der Waals surface area (Å²) in [5.41, 5.74) is 3.43. The van der Waals surface area contributed by atoms with E-state index in [1.165, 1.54) is 17.0 Å². The Kier molecular flexibility index (Phi) is 6.58. The normalized spacial score (nSPS) is 15.4. The first-order valence-electron chi connectivity index (χ1n) is 9.59. The van der Waals surface area contributed by atoms with E-state index < -0.39 is 11.8 Å². The molecule has 2 heterocycles. The highest BCUT2D eigenvalue weighted by Crippen LogP contribution is 2.32. The largest absolute Gasteiger partial charge is 0.318 e. The van der Waals surface area contributed by atoms with Crippen molar-refractivity contribution in [2.24, 2.45) is 0 Å². The van der Waals surface area contributed by atoms with Gasteiger partial charge in [-0.1, -0.05) is 46.4 Å². The van der Waals surface area contributed by atoms with E-state index in [-0.39, 0.29) is 15.7 Å². The SMILES string of the molecule is Cc1cc(/C=C2\C(=O)NC(=S)N(c3ccc(Cl)cc3Cl)C2=O)c(C)n1-c1ccc(Cl)c(Cl)c1. The van der Waals surface area contributed by atoms with Gasteiger partial charge in [-0.25, -0.2) is 0 Å². The zero-order chi connectivity index (χ0) is 24.0. The fourth-order valence-corrected chi connectivity index (χ4v) is 4.71. The second-order valence-corrected chi connectivity index (χ2v) is 9.36. The molecule has 0 bridgehead atoms. The van der Waals surface area contributed by atoms with Crippen molar-refractivity contribution in [3.8, 4) is 5.69 Å². The highest BCUT2D eigenvalue weighted by molar-refractivity contribution is 7.80. The van der Waals surface area contributed by atoms with E-state index in [2.05, 4.69) is 5.32 Å². The molecule has 1 fully saturated rings. The highest BCUT2D eigenvalue weighted by Gasteiger charge is 2.35. The molecule has 1 aromatic heterocycles. The van der Waals surface area contributed by atoms with Crippen LogP contribution in [0, 0.1) is 13.8 Å². The number of thiocarbonyl (C=S) groups is 1. The van der Waals surface area contributed by atoms with Gasteiger partial charge >= 0.3 is 0 Å². The molecule has 1 aliphatic rings. The molecule has 0 atom stereocenters. The van der Waals surface area contributed by atoms with Crippen LogP contribution in [0.25, 0.3) is 11.8 Å². The third kappa shape index (κ3) is 4.42. The first-order chi connectivity index (χ1) is 15.6. The topological polar surface area (TPSA) is 54.3 Å². The number of hydrogen-bond acceptors (Lipinski definition) is 3. The Hall–Kier alpha value is -2.35. The summed E-state index contributed by atoms with van der Waals surface area (Å²) in [6.07, 6.45) is 1.53. The molecule has 10 heteroatoms. The van der Waals surface area contributed by atoms with Gasteiger partial charge in [0, 0.05) is 22.1 Å². The van der Waals surface area contributed by atoms with Crippen molar-refractivity contribution in [2.45, 2.75) is 13.8 Å². The molecule has 168 valence electrons. The van der Waals surface area contributed by atoms with Gasteiger partial charge in [-0.3, -0.25) is 19.8 Å². The van der Waals surface area contributed by atoms with Gasteiger partial charge in [0.1, 0.15) is 5.57 Å². The van der Waals surface area contributed by atoms with Gasteiger partial charge in [0.15, 0.2) is 5.11 Å². The van der Waals surface area contributed by atoms with Crippen LogP contribution < -0.4 is 10.2 Å². The average Bonchev–Trinajstić information content (AvgIpc) is 3.02. The maximum atomic E-state index is 13.3. The van der Waals surface area contributed by atoms with E-state index in [0.29, 0.717) is 26.3 Å². The Morgan fingerprint density at radius 3 is 2.30 bits per heavy atom. The summed E-state index contributed by atoms with van der Waals surface area (Å²) in [4.78, 5) is 27.2. The van der Waals surface area contributed by atoms with Gasteiger partial charge in [-0.15, -0.1) is 0 Å². The van der Waals surface area contributed by atoms with Crippen molar-refractivity contribution < 1.29 is 9.59 Å². The highest BCUT2D eigenvalue weighted by atomic mass is 35.5. The molecule has 5 nitrogen and oxygen atoms in total. The number of nitrogens with zero attached hydrogens (tertiary/aromatic N) is 2. The number of carbonyl (C=O) groups is 2. The average molecular weight is 539 g/mol. The van der Waals surface area contributed by atoms with Crippen molar-refractivity contribution in [1.82, 2.24) is 9.88 Å². The third-order valence-corrected chi connectivity index (χ3v) is 6.75. The van der Waals surface area contributed by atoms with Gasteiger partial charge in [0.05, 0.1) is 20.8 Å². The van der Waals surface area contributed by atoms with Crippen LogP contribution in [0.4, 0.5) is 5.69 Å². The number of carbonyl (C=O) groups excluding carboxylic acids is 2. The Balaban J connectivity index is 1.78. The molecule has 2 amide bonds. The first kappa shape index (κ1) is 23.8. The standard InChI is InChI=1S/C23H15Cl4N3O2S/c1-11-7-13(12(2)29(11)15-4-5-17(25)18(26)10-15)8-16-21(31)28-23(33)30(22(16)32)20-6-3-14(24)9-19(20)27/h3-10H,1-2H3,(H,28,31,33)/b16-8+. The summed E-state index contributed by atoms with van der Waals surface area (Å²) < 4.78 is 1.96. The first-order valence-corrected chi connectivity index (χ1v) is 11.5. The van der Waals surface area contributed by atoms with E-state index in [9.17, 15) is 9.59 Å². The minimum Gasteiger partial charge on any atom is -0.318 e. The fourth-order valence-electron chi connectivity index (χ4n) is 3.65. The minimum atomic E-state index is -0.592. The molecule has 0 radical (unpaired) electrons. The summed E-state index contributed by atoms with van der Waals surface area (Å²) in [7, 11) is 0. The maximum absolute atomic E-state index is 13.3. The zero-order valence-electron chi connectivity index (χ0n) is 17.2. The zero-order valence-corrected chi connectivity index (χ0v) is 21.1. The van der Waals surface area contributed by atoms with Crippen LogP contribution in [0.5, 0.6) is 0 Å². The maximum Gasteiger partial charge on any atom is 0.270 e. The molecule has 33 heavy (non-hydrogen) atoms. The summed E-state index contributed by atoms with van der Waals surface area (Å²) in [6, 6.07) is 11.8. The van der Waals surface area contributed by atoms with Crippen molar-refractivity contribution >= 4 is 87.3 Å². The van der Waals surface area contributed by atoms with E-state index in [4.69, 9.17) is 58.6 Å². The number of halogens is 4. The van der Waals surface area contributed by atoms with Crippen LogP contribution in [-0.4, -0.2) is 21.5 Å². The molecule has 3 aromatic rings. The lowest BCUT2D eigenvalue weighted by molar-refractivity contribution is -0.122. The number of nitrogens with one attached hydrogen (secondary N) is 1. The number of amides is 2. The number of rotatable bonds is 3. The number of aromatic nitrogens is 1. The van der Waals surface area contributed by atoms with Crippen molar-refractivity contribution in [3.63, 3.8) is 0 Å². The number of hydrogen-bond donors (Lipinski definition) is 1. The van der Waals surface area contributed by atoms with Crippen molar-refractivity contribution in [2.75, 3.05) is 4.90 Å². The summed E-state index contributed by atoms with van der Waals surface area (Å²) in [5, 5.41) is 4.01. The number of anilines is 1. The van der Waals surface area contributed by atoms with Crippen LogP contribution >= 0.6 is 58.6 Å². The summed E-state index contributed by atoms with van der Waals surface area (Å²) >= 11 is 29.7. The molecule has 1 N–H and O–H groups in total. The Morgan fingerprint density at radius 1 is 0.909 bits per heavy atom. The summed E-state index contributed by atoms with van der Waals surface area (Å²) in [6.45, 7) is 3.79. The van der Waals surface area contributed by atoms with Crippen LogP contribution in [-0.2, 0) is 9.59 Å². The van der Waals surface area contributed by atoms with Gasteiger partial charge in [0.2, 0.25) is 0 Å². The molecule has 2 aromatic carbocycles. The molecule has 4 rings (SSSR count). The van der Waals surface area contributed by atoms with Crippen LogP contribution in [0.1, 0.15) is 17.0 Å². The predicted octanol–water partition coefficient (Wildman–Crippen LogP) is 6.54. The van der Waals surface area contributed by atoms with Crippen LogP contribution in [0.2, 0.25) is 20.1 Å². The fraction of sp³-hybridized carbons (Fsp3) is 0.0870. The second kappa shape index (κ2) is 9.12. The molecule has 0 saturated carbocycles. The van der Waals surface area contributed by atoms with Crippen molar-refractivity contribution in [1.29, 1.82) is 0 Å². The lowest BCUT2D eigenvalue weighted by atomic mass is 10.1. The Labute approximate surface area is 215 Å². The van der Waals surface area contributed by atoms with E-state index >= 15 is 0 Å². The Bertz CT molecular complexity index is 1380. The lowest BCUT2D eigenvalue weighted by Gasteiger charge is -2.29. The van der Waals surface area contributed by atoms with Crippen LogP contribution in [0.15, 0.2) is 48.0 Å². The molecule has 0 unspecified atom stereocenters. The van der Waals surface area contributed by atoms with Gasteiger partial charge in [-0.05, 0) is 80.2 Å². The molecule has 0 spiro atoms. The smallest absolute Gasteiger partial charge is 0.270 e. The summed E-state index contributed by atoms with van der Waals surface area (Å²) in [5.74, 6) is -1.18. The van der Waals surface area contributed by atoms with Gasteiger partial charge < -0.3 is 4.57 Å². The molecule has 1 aliphatic heterocycles. The minimum absolute atomic E-state index is 0.0624. The van der Waals surface area contributed by atoms with Crippen LogP contribution in [0.3, 0.4) is 0 Å². The molecular weight excluding hydrogens is 524 g/mol.